The van der Waals surface area contributed by atoms with E-state index in [-0.39, 0.29) is 23.5 Å². The maximum absolute atomic E-state index is 15.2. The summed E-state index contributed by atoms with van der Waals surface area (Å²) in [4.78, 5) is 13.6. The highest BCUT2D eigenvalue weighted by atomic mass is 19.4. The van der Waals surface area contributed by atoms with Crippen LogP contribution in [0.2, 0.25) is 0 Å². The number of nitrogens with zero attached hydrogens (tertiary/aromatic N) is 2. The van der Waals surface area contributed by atoms with Crippen molar-refractivity contribution in [2.75, 3.05) is 11.9 Å². The van der Waals surface area contributed by atoms with Crippen molar-refractivity contribution in [3.05, 3.63) is 137 Å². The van der Waals surface area contributed by atoms with Crippen molar-refractivity contribution in [1.29, 1.82) is 0 Å². The molecule has 0 aliphatic heterocycles. The smallest absolute Gasteiger partial charge is 0.368 e. The third-order valence-electron chi connectivity index (χ3n) is 7.68. The lowest BCUT2D eigenvalue weighted by Gasteiger charge is -2.21. The van der Waals surface area contributed by atoms with Gasteiger partial charge >= 0.3 is 6.18 Å². The van der Waals surface area contributed by atoms with Gasteiger partial charge in [0.05, 0.1) is 18.0 Å². The van der Waals surface area contributed by atoms with Crippen LogP contribution < -0.4 is 11.1 Å². The van der Waals surface area contributed by atoms with Gasteiger partial charge < -0.3 is 15.8 Å². The van der Waals surface area contributed by atoms with Gasteiger partial charge in [0, 0.05) is 18.2 Å². The molecule has 1 heterocycles. The van der Waals surface area contributed by atoms with Crippen molar-refractivity contribution in [3.63, 3.8) is 0 Å². The van der Waals surface area contributed by atoms with Crippen LogP contribution in [0.4, 0.5) is 27.6 Å². The van der Waals surface area contributed by atoms with E-state index in [9.17, 15) is 22.4 Å². The summed E-state index contributed by atoms with van der Waals surface area (Å²) < 4.78 is 78.0. The molecule has 0 bridgehead atoms. The lowest BCUT2D eigenvalue weighted by Crippen LogP contribution is -2.18. The Hall–Kier alpha value is -4.87. The molecule has 236 valence electrons. The second-order valence-corrected chi connectivity index (χ2v) is 11.2. The first-order valence-corrected chi connectivity index (χ1v) is 14.6. The summed E-state index contributed by atoms with van der Waals surface area (Å²) in [6.07, 6.45) is -3.30. The quantitative estimate of drug-likeness (QED) is 0.153. The maximum Gasteiger partial charge on any atom is 0.435 e. The molecule has 0 spiro atoms. The molecular formula is C35H29F5N4O2. The second kappa shape index (κ2) is 12.9. The molecule has 6 rings (SSSR count). The monoisotopic (exact) mass is 632 g/mol. The summed E-state index contributed by atoms with van der Waals surface area (Å²) in [5.41, 5.74) is 6.56. The first-order chi connectivity index (χ1) is 22.1. The Labute approximate surface area is 261 Å². The Morgan fingerprint density at radius 3 is 2.41 bits per heavy atom. The molecule has 1 fully saturated rings. The van der Waals surface area contributed by atoms with Crippen LogP contribution in [-0.4, -0.2) is 22.3 Å². The van der Waals surface area contributed by atoms with E-state index in [1.54, 1.807) is 18.2 Å². The van der Waals surface area contributed by atoms with E-state index >= 15 is 4.39 Å². The van der Waals surface area contributed by atoms with E-state index in [1.165, 1.54) is 30.3 Å². The fraction of sp³-hybridized carbons (Fsp3) is 0.200. The molecule has 46 heavy (non-hydrogen) atoms. The summed E-state index contributed by atoms with van der Waals surface area (Å²) in [6.45, 7) is 0.618. The van der Waals surface area contributed by atoms with Crippen molar-refractivity contribution < 1.29 is 31.5 Å². The number of nitrogens with one attached hydrogen (secondary N) is 1. The molecule has 11 heteroatoms. The molecule has 0 saturated heterocycles. The van der Waals surface area contributed by atoms with Gasteiger partial charge in [-0.1, -0.05) is 42.5 Å². The first-order valence-electron chi connectivity index (χ1n) is 14.6. The molecule has 6 nitrogen and oxygen atoms in total. The molecule has 1 atom stereocenters. The third-order valence-corrected chi connectivity index (χ3v) is 7.68. The van der Waals surface area contributed by atoms with Crippen LogP contribution in [0.15, 0.2) is 97.1 Å². The number of anilines is 1. The Balaban J connectivity index is 1.38. The van der Waals surface area contributed by atoms with Gasteiger partial charge in [-0.25, -0.2) is 13.5 Å². The lowest BCUT2D eigenvalue weighted by atomic mass is 9.95. The molecule has 1 amide bonds. The minimum absolute atomic E-state index is 0.0753. The number of carbonyl (C=O) groups is 1. The molecule has 1 aliphatic carbocycles. The van der Waals surface area contributed by atoms with Gasteiger partial charge in [0.25, 0.3) is 5.91 Å². The van der Waals surface area contributed by atoms with Gasteiger partial charge in [0.15, 0.2) is 5.69 Å². The standard InChI is InChI=1S/C35H29F5N4O2/c36-26-11-12-29(24-14-25(16-27(37)15-24)33(46-20-21-9-10-21)23-6-2-1-3-7-23)30(17-26)42-34(45)31-18-32(35(38,39)40)43-44(31)28-8-4-5-22(13-28)19-41/h1-8,11-18,21,33H,9-10,19-20,41H2,(H,42,45). The molecule has 0 radical (unpaired) electrons. The number of hydrogen-bond acceptors (Lipinski definition) is 4. The number of amides is 1. The fourth-order valence-electron chi connectivity index (χ4n) is 5.20. The maximum atomic E-state index is 15.2. The Kier molecular flexibility index (Phi) is 8.70. The van der Waals surface area contributed by atoms with Crippen LogP contribution in [0, 0.1) is 17.6 Å². The minimum Gasteiger partial charge on any atom is -0.368 e. The minimum atomic E-state index is -4.84. The number of aromatic nitrogens is 2. The van der Waals surface area contributed by atoms with Crippen LogP contribution in [0.3, 0.4) is 0 Å². The van der Waals surface area contributed by atoms with Crippen LogP contribution in [-0.2, 0) is 17.5 Å². The highest BCUT2D eigenvalue weighted by Crippen LogP contribution is 2.37. The molecule has 5 aromatic rings. The normalized spacial score (nSPS) is 13.9. The number of carbonyl (C=O) groups excluding carboxylic acids is 1. The number of halogens is 5. The lowest BCUT2D eigenvalue weighted by molar-refractivity contribution is -0.141. The van der Waals surface area contributed by atoms with Crippen molar-refractivity contribution in [3.8, 4) is 16.8 Å². The van der Waals surface area contributed by atoms with Gasteiger partial charge in [-0.2, -0.15) is 18.3 Å². The van der Waals surface area contributed by atoms with E-state index < -0.39 is 41.2 Å². The topological polar surface area (TPSA) is 82.2 Å². The number of rotatable bonds is 10. The number of ether oxygens (including phenoxy) is 1. The van der Waals surface area contributed by atoms with E-state index in [0.717, 1.165) is 35.2 Å². The summed E-state index contributed by atoms with van der Waals surface area (Å²) in [7, 11) is 0. The van der Waals surface area contributed by atoms with Crippen LogP contribution in [0.5, 0.6) is 0 Å². The zero-order valence-corrected chi connectivity index (χ0v) is 24.4. The van der Waals surface area contributed by atoms with E-state index in [0.29, 0.717) is 35.3 Å². The second-order valence-electron chi connectivity index (χ2n) is 11.2. The summed E-state index contributed by atoms with van der Waals surface area (Å²) in [5, 5.41) is 6.18. The number of hydrogen-bond donors (Lipinski definition) is 2. The van der Waals surface area contributed by atoms with E-state index in [1.807, 2.05) is 30.3 Å². The highest BCUT2D eigenvalue weighted by molar-refractivity contribution is 6.05. The molecule has 3 N–H and O–H groups in total. The average Bonchev–Trinajstić information content (AvgIpc) is 3.74. The third kappa shape index (κ3) is 7.00. The SMILES string of the molecule is NCc1cccc(-n2nc(C(F)(F)F)cc2C(=O)Nc2cc(F)ccc2-c2cc(F)cc(C(OCC3CC3)c3ccccc3)c2)c1. The van der Waals surface area contributed by atoms with Gasteiger partial charge in [-0.15, -0.1) is 0 Å². The van der Waals surface area contributed by atoms with Gasteiger partial charge in [-0.05, 0) is 89.5 Å². The summed E-state index contributed by atoms with van der Waals surface area (Å²) in [5.74, 6) is -1.84. The molecule has 1 aliphatic rings. The highest BCUT2D eigenvalue weighted by Gasteiger charge is 2.36. The van der Waals surface area contributed by atoms with Crippen molar-refractivity contribution >= 4 is 11.6 Å². The summed E-state index contributed by atoms with van der Waals surface area (Å²) >= 11 is 0. The predicted octanol–water partition coefficient (Wildman–Crippen LogP) is 8.06. The Bertz CT molecular complexity index is 1870. The van der Waals surface area contributed by atoms with E-state index in [2.05, 4.69) is 10.4 Å². The first kappa shape index (κ1) is 31.1. The molecular weight excluding hydrogens is 603 g/mol. The number of nitrogens with two attached hydrogens (primary N) is 1. The summed E-state index contributed by atoms with van der Waals surface area (Å²) in [6, 6.07) is 24.1. The van der Waals surface area contributed by atoms with Crippen LogP contribution in [0.25, 0.3) is 16.8 Å². The van der Waals surface area contributed by atoms with Gasteiger partial charge in [0.1, 0.15) is 23.4 Å². The van der Waals surface area contributed by atoms with Crippen molar-refractivity contribution in [1.82, 2.24) is 9.78 Å². The molecule has 1 aromatic heterocycles. The largest absolute Gasteiger partial charge is 0.435 e. The van der Waals surface area contributed by atoms with Gasteiger partial charge in [0.2, 0.25) is 0 Å². The number of alkyl halides is 3. The van der Waals surface area contributed by atoms with E-state index in [4.69, 9.17) is 10.5 Å². The predicted molar refractivity (Wildman–Crippen MR) is 163 cm³/mol. The van der Waals surface area contributed by atoms with Crippen molar-refractivity contribution in [2.24, 2.45) is 11.7 Å². The number of benzene rings is 4. The van der Waals surface area contributed by atoms with Crippen LogP contribution >= 0.6 is 0 Å². The molecule has 4 aromatic carbocycles. The zero-order chi connectivity index (χ0) is 32.4. The zero-order valence-electron chi connectivity index (χ0n) is 24.4. The average molecular weight is 633 g/mol. The van der Waals surface area contributed by atoms with Crippen LogP contribution in [0.1, 0.15) is 51.8 Å². The fourth-order valence-corrected chi connectivity index (χ4v) is 5.20. The Morgan fingerprint density at radius 2 is 1.70 bits per heavy atom. The molecule has 1 unspecified atom stereocenters. The van der Waals surface area contributed by atoms with Crippen molar-refractivity contribution in [2.45, 2.75) is 31.7 Å². The Morgan fingerprint density at radius 1 is 0.913 bits per heavy atom. The van der Waals surface area contributed by atoms with Gasteiger partial charge in [-0.3, -0.25) is 4.79 Å². The molecule has 1 saturated carbocycles.